The van der Waals surface area contributed by atoms with Gasteiger partial charge in [0.05, 0.1) is 32.1 Å². The van der Waals surface area contributed by atoms with E-state index in [0.29, 0.717) is 5.88 Å². The molecule has 0 aliphatic carbocycles. The lowest BCUT2D eigenvalue weighted by Gasteiger charge is -2.40. The number of nitrogens with zero attached hydrogens (tertiary/aromatic N) is 3. The number of para-hydroxylation sites is 1. The lowest BCUT2D eigenvalue weighted by atomic mass is 10.2. The van der Waals surface area contributed by atoms with Crippen LogP contribution in [0.4, 0.5) is 5.69 Å². The summed E-state index contributed by atoms with van der Waals surface area (Å²) in [5.41, 5.74) is 0.822. The van der Waals surface area contributed by atoms with Crippen molar-refractivity contribution in [1.29, 1.82) is 0 Å². The average Bonchev–Trinajstić information content (AvgIpc) is 2.57. The molecular formula is C17H19N3O2S. The maximum absolute atomic E-state index is 5.92. The monoisotopic (exact) mass is 329 g/mol. The van der Waals surface area contributed by atoms with E-state index in [4.69, 9.17) is 9.47 Å². The zero-order valence-electron chi connectivity index (χ0n) is 13.2. The van der Waals surface area contributed by atoms with Crippen molar-refractivity contribution < 1.29 is 9.47 Å². The molecule has 0 unspecified atom stereocenters. The lowest BCUT2D eigenvalue weighted by Crippen LogP contribution is -2.55. The summed E-state index contributed by atoms with van der Waals surface area (Å²) >= 11 is 1.63. The van der Waals surface area contributed by atoms with Crippen LogP contribution in [0.5, 0.6) is 11.6 Å². The van der Waals surface area contributed by atoms with E-state index in [0.717, 1.165) is 29.7 Å². The number of amidine groups is 1. The zero-order chi connectivity index (χ0) is 16.1. The average molecular weight is 329 g/mol. The quantitative estimate of drug-likeness (QED) is 0.637. The highest BCUT2D eigenvalue weighted by molar-refractivity contribution is 8.13. The Balaban J connectivity index is 1.58. The van der Waals surface area contributed by atoms with Gasteiger partial charge in [-0.3, -0.25) is 0 Å². The van der Waals surface area contributed by atoms with E-state index in [-0.39, 0.29) is 6.10 Å². The Labute approximate surface area is 140 Å². The standard InChI is InChI=1S/C17H19N3O2S/c1-21-16-9-8-13(10-18-16)19-17(23-2)20-11-15(12-20)22-14-6-4-3-5-7-14/h3-10,15H,11-12H2,1-2H3/b19-17+. The summed E-state index contributed by atoms with van der Waals surface area (Å²) in [4.78, 5) is 11.0. The van der Waals surface area contributed by atoms with Crippen molar-refractivity contribution in [3.63, 3.8) is 0 Å². The van der Waals surface area contributed by atoms with Gasteiger partial charge in [-0.2, -0.15) is 0 Å². The first-order valence-electron chi connectivity index (χ1n) is 7.38. The van der Waals surface area contributed by atoms with Gasteiger partial charge in [0.1, 0.15) is 11.9 Å². The fourth-order valence-corrected chi connectivity index (χ4v) is 2.88. The molecule has 0 amide bonds. The predicted octanol–water partition coefficient (Wildman–Crippen LogP) is 3.20. The van der Waals surface area contributed by atoms with Gasteiger partial charge in [0, 0.05) is 6.07 Å². The summed E-state index contributed by atoms with van der Waals surface area (Å²) in [6.45, 7) is 1.69. The second-order valence-corrected chi connectivity index (χ2v) is 5.89. The number of rotatable bonds is 4. The highest BCUT2D eigenvalue weighted by Gasteiger charge is 2.30. The summed E-state index contributed by atoms with van der Waals surface area (Å²) in [5.74, 6) is 1.51. The molecular weight excluding hydrogens is 310 g/mol. The molecule has 1 aliphatic heterocycles. The predicted molar refractivity (Wildman–Crippen MR) is 93.8 cm³/mol. The molecule has 120 valence electrons. The van der Waals surface area contributed by atoms with Crippen LogP contribution in [0.15, 0.2) is 53.7 Å². The van der Waals surface area contributed by atoms with E-state index >= 15 is 0 Å². The fraction of sp³-hybridized carbons (Fsp3) is 0.294. The Kier molecular flexibility index (Phi) is 5.02. The summed E-state index contributed by atoms with van der Waals surface area (Å²) in [7, 11) is 1.60. The molecule has 1 aliphatic rings. The van der Waals surface area contributed by atoms with Gasteiger partial charge in [-0.15, -0.1) is 0 Å². The number of hydrogen-bond acceptors (Lipinski definition) is 5. The second-order valence-electron chi connectivity index (χ2n) is 5.12. The van der Waals surface area contributed by atoms with Crippen molar-refractivity contribution in [2.24, 2.45) is 4.99 Å². The summed E-state index contributed by atoms with van der Waals surface area (Å²) in [6, 6.07) is 13.6. The molecule has 0 bridgehead atoms. The number of ether oxygens (including phenoxy) is 2. The Morgan fingerprint density at radius 1 is 1.22 bits per heavy atom. The highest BCUT2D eigenvalue weighted by atomic mass is 32.2. The van der Waals surface area contributed by atoms with Crippen LogP contribution >= 0.6 is 11.8 Å². The van der Waals surface area contributed by atoms with Crippen LogP contribution in [0.3, 0.4) is 0 Å². The first-order valence-corrected chi connectivity index (χ1v) is 8.60. The fourth-order valence-electron chi connectivity index (χ4n) is 2.28. The molecule has 6 heteroatoms. The normalized spacial score (nSPS) is 15.2. The summed E-state index contributed by atoms with van der Waals surface area (Å²) in [6.07, 6.45) is 3.96. The van der Waals surface area contributed by atoms with E-state index < -0.39 is 0 Å². The van der Waals surface area contributed by atoms with Gasteiger partial charge in [-0.05, 0) is 24.5 Å². The molecule has 2 heterocycles. The smallest absolute Gasteiger partial charge is 0.213 e. The van der Waals surface area contributed by atoms with Crippen molar-refractivity contribution in [3.05, 3.63) is 48.7 Å². The largest absolute Gasteiger partial charge is 0.487 e. The van der Waals surface area contributed by atoms with Crippen LogP contribution in [-0.4, -0.2) is 47.6 Å². The molecule has 0 saturated carbocycles. The van der Waals surface area contributed by atoms with Crippen LogP contribution in [0.1, 0.15) is 0 Å². The molecule has 1 aromatic carbocycles. The molecule has 5 nitrogen and oxygen atoms in total. The molecule has 0 spiro atoms. The van der Waals surface area contributed by atoms with Gasteiger partial charge in [-0.1, -0.05) is 30.0 Å². The van der Waals surface area contributed by atoms with E-state index in [2.05, 4.69) is 14.9 Å². The number of hydrogen-bond donors (Lipinski definition) is 0. The number of pyridine rings is 1. The van der Waals surface area contributed by atoms with Gasteiger partial charge in [-0.25, -0.2) is 9.98 Å². The van der Waals surface area contributed by atoms with E-state index in [1.807, 2.05) is 48.7 Å². The molecule has 0 atom stereocenters. The van der Waals surface area contributed by atoms with Crippen LogP contribution < -0.4 is 9.47 Å². The van der Waals surface area contributed by atoms with Crippen LogP contribution in [0.25, 0.3) is 0 Å². The van der Waals surface area contributed by atoms with Crippen molar-refractivity contribution in [1.82, 2.24) is 9.88 Å². The minimum Gasteiger partial charge on any atom is -0.487 e. The Bertz CT molecular complexity index is 655. The number of likely N-dealkylation sites (tertiary alicyclic amines) is 1. The third-order valence-corrected chi connectivity index (χ3v) is 4.22. The number of benzene rings is 1. The van der Waals surface area contributed by atoms with Gasteiger partial charge in [0.15, 0.2) is 5.17 Å². The van der Waals surface area contributed by atoms with E-state index in [1.165, 1.54) is 0 Å². The minimum atomic E-state index is 0.212. The Morgan fingerprint density at radius 3 is 2.61 bits per heavy atom. The maximum Gasteiger partial charge on any atom is 0.213 e. The first-order chi connectivity index (χ1) is 11.3. The molecule has 23 heavy (non-hydrogen) atoms. The van der Waals surface area contributed by atoms with Crippen molar-refractivity contribution in [3.8, 4) is 11.6 Å². The number of thioether (sulfide) groups is 1. The number of aromatic nitrogens is 1. The summed E-state index contributed by atoms with van der Waals surface area (Å²) in [5, 5.41) is 0.977. The van der Waals surface area contributed by atoms with Gasteiger partial charge < -0.3 is 14.4 Å². The summed E-state index contributed by atoms with van der Waals surface area (Å²) < 4.78 is 11.0. The Morgan fingerprint density at radius 2 is 2.00 bits per heavy atom. The number of methoxy groups -OCH3 is 1. The van der Waals surface area contributed by atoms with Crippen LogP contribution in [-0.2, 0) is 0 Å². The molecule has 0 radical (unpaired) electrons. The third kappa shape index (κ3) is 3.96. The van der Waals surface area contributed by atoms with Gasteiger partial charge in [0.25, 0.3) is 0 Å². The first kappa shape index (κ1) is 15.7. The second kappa shape index (κ2) is 7.37. The zero-order valence-corrected chi connectivity index (χ0v) is 14.0. The van der Waals surface area contributed by atoms with Crippen LogP contribution in [0.2, 0.25) is 0 Å². The molecule has 2 aromatic rings. The SMILES string of the molecule is COc1ccc(/N=C(/SC)N2CC(Oc3ccccc3)C2)cn1. The van der Waals surface area contributed by atoms with Crippen LogP contribution in [0, 0.1) is 0 Å². The minimum absolute atomic E-state index is 0.212. The third-order valence-electron chi connectivity index (χ3n) is 3.50. The lowest BCUT2D eigenvalue weighted by molar-refractivity contribution is 0.0700. The Hall–Kier alpha value is -2.21. The topological polar surface area (TPSA) is 47.0 Å². The number of aliphatic imine (C=N–C) groups is 1. The van der Waals surface area contributed by atoms with Gasteiger partial charge in [0.2, 0.25) is 5.88 Å². The molecule has 1 saturated heterocycles. The highest BCUT2D eigenvalue weighted by Crippen LogP contribution is 2.23. The van der Waals surface area contributed by atoms with E-state index in [1.54, 1.807) is 25.1 Å². The molecule has 3 rings (SSSR count). The van der Waals surface area contributed by atoms with Gasteiger partial charge >= 0.3 is 0 Å². The maximum atomic E-state index is 5.92. The molecule has 0 N–H and O–H groups in total. The van der Waals surface area contributed by atoms with Crippen molar-refractivity contribution in [2.45, 2.75) is 6.10 Å². The molecule has 1 fully saturated rings. The van der Waals surface area contributed by atoms with E-state index in [9.17, 15) is 0 Å². The van der Waals surface area contributed by atoms with Crippen molar-refractivity contribution >= 4 is 22.6 Å². The van der Waals surface area contributed by atoms with Crippen molar-refractivity contribution in [2.75, 3.05) is 26.5 Å². The molecule has 1 aromatic heterocycles.